The Morgan fingerprint density at radius 1 is 1.14 bits per heavy atom. The molecule has 3 rings (SSSR count). The fraction of sp³-hybridized carbons (Fsp3) is 0.294. The number of benzene rings is 1. The van der Waals surface area contributed by atoms with E-state index in [1.54, 1.807) is 4.52 Å². The van der Waals surface area contributed by atoms with Crippen LogP contribution in [0.25, 0.3) is 5.65 Å². The third-order valence-corrected chi connectivity index (χ3v) is 3.53. The summed E-state index contributed by atoms with van der Waals surface area (Å²) in [6.07, 6.45) is 2.72. The van der Waals surface area contributed by atoms with Gasteiger partial charge in [-0.1, -0.05) is 44.2 Å². The van der Waals surface area contributed by atoms with Crippen LogP contribution in [-0.4, -0.2) is 21.2 Å². The van der Waals surface area contributed by atoms with Gasteiger partial charge in [-0.25, -0.2) is 9.50 Å². The van der Waals surface area contributed by atoms with E-state index in [0.717, 1.165) is 23.6 Å². The number of aromatic nitrogens is 3. The van der Waals surface area contributed by atoms with E-state index in [2.05, 4.69) is 41.3 Å². The summed E-state index contributed by atoms with van der Waals surface area (Å²) < 4.78 is 7.66. The van der Waals surface area contributed by atoms with Crippen LogP contribution >= 0.6 is 0 Å². The zero-order valence-corrected chi connectivity index (χ0v) is 12.4. The maximum absolute atomic E-state index is 5.88. The lowest BCUT2D eigenvalue weighted by Gasteiger charge is -2.13. The van der Waals surface area contributed by atoms with E-state index < -0.39 is 0 Å². The molecule has 0 aliphatic heterocycles. The smallest absolute Gasteiger partial charge is 0.155 e. The summed E-state index contributed by atoms with van der Waals surface area (Å²) >= 11 is 0. The predicted octanol–water partition coefficient (Wildman–Crippen LogP) is 3.47. The Kier molecular flexibility index (Phi) is 3.86. The van der Waals surface area contributed by atoms with Crippen LogP contribution in [-0.2, 0) is 6.42 Å². The Morgan fingerprint density at radius 3 is 2.71 bits per heavy atom. The Bertz CT molecular complexity index is 721. The second-order valence-electron chi connectivity index (χ2n) is 5.17. The predicted molar refractivity (Wildman–Crippen MR) is 82.7 cm³/mol. The molecular formula is C17H19N3O. The standard InChI is InChI=1S/C17H19N3O/c1-3-16-18-17-10-9-15(11-20(17)19-16)21-12-13(2)14-7-5-4-6-8-14/h4-11,13H,3,12H2,1-2H3. The lowest BCUT2D eigenvalue weighted by atomic mass is 10.0. The summed E-state index contributed by atoms with van der Waals surface area (Å²) in [7, 11) is 0. The van der Waals surface area contributed by atoms with Crippen molar-refractivity contribution in [3.8, 4) is 5.75 Å². The Balaban J connectivity index is 1.70. The second kappa shape index (κ2) is 5.95. The van der Waals surface area contributed by atoms with E-state index in [-0.39, 0.29) is 0 Å². The molecule has 0 radical (unpaired) electrons. The summed E-state index contributed by atoms with van der Waals surface area (Å²) in [5, 5.41) is 4.40. The zero-order chi connectivity index (χ0) is 14.7. The van der Waals surface area contributed by atoms with Crippen LogP contribution in [0.4, 0.5) is 0 Å². The fourth-order valence-corrected chi connectivity index (χ4v) is 2.24. The molecule has 1 aromatic carbocycles. The Hall–Kier alpha value is -2.36. The first-order valence-electron chi connectivity index (χ1n) is 7.29. The van der Waals surface area contributed by atoms with E-state index in [1.807, 2.05) is 31.3 Å². The van der Waals surface area contributed by atoms with Gasteiger partial charge in [0.1, 0.15) is 5.75 Å². The molecule has 0 spiro atoms. The Morgan fingerprint density at radius 2 is 1.95 bits per heavy atom. The second-order valence-corrected chi connectivity index (χ2v) is 5.17. The highest BCUT2D eigenvalue weighted by Crippen LogP contribution is 2.18. The van der Waals surface area contributed by atoms with Crippen molar-refractivity contribution in [2.24, 2.45) is 0 Å². The van der Waals surface area contributed by atoms with E-state index in [9.17, 15) is 0 Å². The molecule has 0 amide bonds. The molecule has 2 heterocycles. The molecule has 0 aliphatic carbocycles. The van der Waals surface area contributed by atoms with Gasteiger partial charge in [0.15, 0.2) is 11.5 Å². The first-order valence-corrected chi connectivity index (χ1v) is 7.29. The minimum absolute atomic E-state index is 0.351. The van der Waals surface area contributed by atoms with Gasteiger partial charge in [-0.3, -0.25) is 0 Å². The number of fused-ring (bicyclic) bond motifs is 1. The zero-order valence-electron chi connectivity index (χ0n) is 12.4. The van der Waals surface area contributed by atoms with Crippen molar-refractivity contribution in [3.05, 3.63) is 60.0 Å². The van der Waals surface area contributed by atoms with Crippen LogP contribution in [0.5, 0.6) is 5.75 Å². The van der Waals surface area contributed by atoms with Crippen LogP contribution in [0.1, 0.15) is 31.2 Å². The normalized spacial score (nSPS) is 12.5. The molecule has 0 N–H and O–H groups in total. The van der Waals surface area contributed by atoms with Crippen molar-refractivity contribution in [1.29, 1.82) is 0 Å². The quantitative estimate of drug-likeness (QED) is 0.719. The van der Waals surface area contributed by atoms with Crippen molar-refractivity contribution in [1.82, 2.24) is 14.6 Å². The SMILES string of the molecule is CCc1nc2ccc(OCC(C)c3ccccc3)cn2n1. The van der Waals surface area contributed by atoms with Gasteiger partial charge in [0.2, 0.25) is 0 Å². The summed E-state index contributed by atoms with van der Waals surface area (Å²) in [5.41, 5.74) is 2.14. The highest BCUT2D eigenvalue weighted by atomic mass is 16.5. The van der Waals surface area contributed by atoms with Crippen molar-refractivity contribution < 1.29 is 4.74 Å². The molecule has 0 saturated heterocycles. The van der Waals surface area contributed by atoms with Crippen molar-refractivity contribution in [2.75, 3.05) is 6.61 Å². The van der Waals surface area contributed by atoms with Gasteiger partial charge in [-0.05, 0) is 17.7 Å². The summed E-state index contributed by atoms with van der Waals surface area (Å²) in [4.78, 5) is 4.41. The highest BCUT2D eigenvalue weighted by Gasteiger charge is 2.07. The van der Waals surface area contributed by atoms with Crippen LogP contribution < -0.4 is 4.74 Å². The maximum Gasteiger partial charge on any atom is 0.155 e. The monoisotopic (exact) mass is 281 g/mol. The molecule has 2 aromatic heterocycles. The van der Waals surface area contributed by atoms with Crippen molar-refractivity contribution in [2.45, 2.75) is 26.2 Å². The van der Waals surface area contributed by atoms with Gasteiger partial charge < -0.3 is 4.74 Å². The van der Waals surface area contributed by atoms with Gasteiger partial charge in [0.05, 0.1) is 12.8 Å². The number of rotatable bonds is 5. The van der Waals surface area contributed by atoms with Gasteiger partial charge >= 0.3 is 0 Å². The highest BCUT2D eigenvalue weighted by molar-refractivity contribution is 5.40. The maximum atomic E-state index is 5.88. The fourth-order valence-electron chi connectivity index (χ4n) is 2.24. The molecule has 0 aliphatic rings. The average molecular weight is 281 g/mol. The molecule has 4 nitrogen and oxygen atoms in total. The van der Waals surface area contributed by atoms with Crippen molar-refractivity contribution >= 4 is 5.65 Å². The van der Waals surface area contributed by atoms with Crippen LogP contribution in [0, 0.1) is 0 Å². The summed E-state index contributed by atoms with van der Waals surface area (Å²) in [5.74, 6) is 2.02. The topological polar surface area (TPSA) is 39.4 Å². The number of hydrogen-bond donors (Lipinski definition) is 0. The first-order chi connectivity index (χ1) is 10.3. The summed E-state index contributed by atoms with van der Waals surface area (Å²) in [6, 6.07) is 14.3. The van der Waals surface area contributed by atoms with Gasteiger partial charge in [-0.2, -0.15) is 5.10 Å². The third-order valence-electron chi connectivity index (χ3n) is 3.53. The molecule has 0 bridgehead atoms. The molecule has 1 unspecified atom stereocenters. The number of ether oxygens (including phenoxy) is 1. The molecule has 3 aromatic rings. The number of nitrogens with zero attached hydrogens (tertiary/aromatic N) is 3. The minimum atomic E-state index is 0.351. The van der Waals surface area contributed by atoms with E-state index >= 15 is 0 Å². The van der Waals surface area contributed by atoms with Gasteiger partial charge in [-0.15, -0.1) is 0 Å². The average Bonchev–Trinajstić information content (AvgIpc) is 2.95. The number of hydrogen-bond acceptors (Lipinski definition) is 3. The lowest BCUT2D eigenvalue weighted by molar-refractivity contribution is 0.294. The van der Waals surface area contributed by atoms with E-state index in [4.69, 9.17) is 4.74 Å². The first kappa shape index (κ1) is 13.6. The molecule has 21 heavy (non-hydrogen) atoms. The third kappa shape index (κ3) is 3.05. The minimum Gasteiger partial charge on any atom is -0.491 e. The van der Waals surface area contributed by atoms with Crippen LogP contribution in [0.15, 0.2) is 48.7 Å². The molecule has 0 saturated carbocycles. The van der Waals surface area contributed by atoms with E-state index in [1.165, 1.54) is 5.56 Å². The number of pyridine rings is 1. The van der Waals surface area contributed by atoms with Crippen molar-refractivity contribution in [3.63, 3.8) is 0 Å². The van der Waals surface area contributed by atoms with E-state index in [0.29, 0.717) is 12.5 Å². The molecule has 4 heteroatoms. The lowest BCUT2D eigenvalue weighted by Crippen LogP contribution is -2.07. The molecule has 108 valence electrons. The largest absolute Gasteiger partial charge is 0.491 e. The van der Waals surface area contributed by atoms with Crippen LogP contribution in [0.2, 0.25) is 0 Å². The van der Waals surface area contributed by atoms with Gasteiger partial charge in [0.25, 0.3) is 0 Å². The summed E-state index contributed by atoms with van der Waals surface area (Å²) in [6.45, 7) is 4.86. The molecule has 0 fully saturated rings. The van der Waals surface area contributed by atoms with Crippen LogP contribution in [0.3, 0.4) is 0 Å². The Labute approximate surface area is 124 Å². The van der Waals surface area contributed by atoms with Gasteiger partial charge in [0, 0.05) is 12.3 Å². The molecular weight excluding hydrogens is 262 g/mol. The number of aryl methyl sites for hydroxylation is 1. The molecule has 1 atom stereocenters.